The molecule has 2 saturated carbocycles. The van der Waals surface area contributed by atoms with E-state index in [4.69, 9.17) is 9.47 Å². The van der Waals surface area contributed by atoms with Gasteiger partial charge in [0.15, 0.2) is 6.61 Å². The number of fused-ring (bicyclic) bond motifs is 2. The first-order valence-corrected chi connectivity index (χ1v) is 11.0. The first-order valence-electron chi connectivity index (χ1n) is 10.2. The van der Waals surface area contributed by atoms with E-state index < -0.39 is 11.9 Å². The van der Waals surface area contributed by atoms with E-state index in [1.807, 2.05) is 13.8 Å². The molecule has 154 valence electrons. The number of carbonyl (C=O) groups is 3. The molecule has 6 nitrogen and oxygen atoms in total. The predicted octanol–water partition coefficient (Wildman–Crippen LogP) is 4.10. The van der Waals surface area contributed by atoms with Crippen LogP contribution in [0.1, 0.15) is 66.8 Å². The second-order valence-corrected chi connectivity index (χ2v) is 8.99. The lowest BCUT2D eigenvalue weighted by molar-refractivity contribution is -0.148. The van der Waals surface area contributed by atoms with E-state index in [-0.39, 0.29) is 19.2 Å². The molecule has 28 heavy (non-hydrogen) atoms. The fourth-order valence-electron chi connectivity index (χ4n) is 4.72. The zero-order chi connectivity index (χ0) is 20.3. The molecule has 7 heteroatoms. The molecular formula is C21H29NO5S. The molecule has 1 aromatic heterocycles. The summed E-state index contributed by atoms with van der Waals surface area (Å²) in [5.41, 5.74) is 1.29. The number of nitrogens with one attached hydrogen (secondary N) is 1. The Morgan fingerprint density at radius 3 is 2.54 bits per heavy atom. The highest BCUT2D eigenvalue weighted by Gasteiger charge is 2.40. The number of hydrogen-bond donors (Lipinski definition) is 1. The van der Waals surface area contributed by atoms with Crippen molar-refractivity contribution >= 4 is 34.2 Å². The van der Waals surface area contributed by atoms with E-state index in [1.54, 1.807) is 6.92 Å². The fourth-order valence-corrected chi connectivity index (χ4v) is 5.87. The molecular weight excluding hydrogens is 378 g/mol. The van der Waals surface area contributed by atoms with Gasteiger partial charge in [0.1, 0.15) is 5.00 Å². The number of rotatable bonds is 8. The highest BCUT2D eigenvalue weighted by molar-refractivity contribution is 7.16. The van der Waals surface area contributed by atoms with Crippen molar-refractivity contribution in [1.82, 2.24) is 0 Å². The van der Waals surface area contributed by atoms with Crippen LogP contribution >= 0.6 is 11.3 Å². The molecule has 0 saturated heterocycles. The van der Waals surface area contributed by atoms with Crippen LogP contribution in [0.2, 0.25) is 0 Å². The molecule has 3 atom stereocenters. The van der Waals surface area contributed by atoms with Gasteiger partial charge >= 0.3 is 11.9 Å². The number of aryl methyl sites for hydroxylation is 1. The number of carbonyl (C=O) groups excluding carboxylic acids is 3. The standard InChI is InChI=1S/C21H29NO5S/c1-4-16-12(3)28-20(19(16)21(25)26-5-2)22-17(23)11-27-18(24)10-15-9-13-6-7-14(15)8-13/h13-15H,4-11H2,1-3H3,(H,22,23)/t13-,14+,15-/m0/s1. The van der Waals surface area contributed by atoms with Crippen LogP contribution in [-0.2, 0) is 25.5 Å². The van der Waals surface area contributed by atoms with Gasteiger partial charge in [-0.2, -0.15) is 0 Å². The van der Waals surface area contributed by atoms with Gasteiger partial charge in [0.2, 0.25) is 0 Å². The van der Waals surface area contributed by atoms with Gasteiger partial charge in [0.05, 0.1) is 12.2 Å². The number of thiophene rings is 1. The first-order chi connectivity index (χ1) is 13.4. The van der Waals surface area contributed by atoms with Crippen LogP contribution in [-0.4, -0.2) is 31.1 Å². The summed E-state index contributed by atoms with van der Waals surface area (Å²) >= 11 is 1.34. The third kappa shape index (κ3) is 4.57. The van der Waals surface area contributed by atoms with Crippen molar-refractivity contribution in [2.24, 2.45) is 17.8 Å². The fraction of sp³-hybridized carbons (Fsp3) is 0.667. The Bertz CT molecular complexity index is 756. The molecule has 2 aliphatic rings. The second kappa shape index (κ2) is 9.07. The summed E-state index contributed by atoms with van der Waals surface area (Å²) in [6, 6.07) is 0. The van der Waals surface area contributed by atoms with Gasteiger partial charge in [-0.1, -0.05) is 13.3 Å². The molecule has 2 bridgehead atoms. The molecule has 2 fully saturated rings. The lowest BCUT2D eigenvalue weighted by Crippen LogP contribution is -2.23. The topological polar surface area (TPSA) is 81.7 Å². The normalized spacial score (nSPS) is 22.9. The smallest absolute Gasteiger partial charge is 0.341 e. The Morgan fingerprint density at radius 1 is 1.14 bits per heavy atom. The molecule has 0 spiro atoms. The van der Waals surface area contributed by atoms with Crippen molar-refractivity contribution in [3.8, 4) is 0 Å². The van der Waals surface area contributed by atoms with Gasteiger partial charge in [-0.25, -0.2) is 4.79 Å². The van der Waals surface area contributed by atoms with E-state index in [1.165, 1.54) is 30.6 Å². The van der Waals surface area contributed by atoms with E-state index in [9.17, 15) is 14.4 Å². The minimum atomic E-state index is -0.438. The molecule has 1 N–H and O–H groups in total. The zero-order valence-electron chi connectivity index (χ0n) is 16.8. The van der Waals surface area contributed by atoms with Crippen molar-refractivity contribution in [2.45, 2.75) is 59.3 Å². The molecule has 3 rings (SSSR count). The summed E-state index contributed by atoms with van der Waals surface area (Å²) in [6.45, 7) is 5.56. The highest BCUT2D eigenvalue weighted by atomic mass is 32.1. The lowest BCUT2D eigenvalue weighted by atomic mass is 9.86. The Kier molecular flexibility index (Phi) is 6.75. The van der Waals surface area contributed by atoms with Crippen LogP contribution in [0.15, 0.2) is 0 Å². The summed E-state index contributed by atoms with van der Waals surface area (Å²) in [5, 5.41) is 3.18. The molecule has 0 aliphatic heterocycles. The highest BCUT2D eigenvalue weighted by Crippen LogP contribution is 2.49. The van der Waals surface area contributed by atoms with E-state index >= 15 is 0 Å². The third-order valence-electron chi connectivity index (χ3n) is 5.97. The van der Waals surface area contributed by atoms with Gasteiger partial charge in [0.25, 0.3) is 5.91 Å². The molecule has 1 heterocycles. The molecule has 1 aromatic rings. The number of hydrogen-bond acceptors (Lipinski definition) is 6. The Labute approximate surface area is 170 Å². The number of amides is 1. The molecule has 0 radical (unpaired) electrons. The summed E-state index contributed by atoms with van der Waals surface area (Å²) < 4.78 is 10.3. The van der Waals surface area contributed by atoms with Crippen molar-refractivity contribution in [1.29, 1.82) is 0 Å². The van der Waals surface area contributed by atoms with Gasteiger partial charge in [-0.3, -0.25) is 9.59 Å². The maximum atomic E-state index is 12.3. The molecule has 0 aromatic carbocycles. The van der Waals surface area contributed by atoms with Crippen LogP contribution in [0.25, 0.3) is 0 Å². The Hall–Kier alpha value is -1.89. The van der Waals surface area contributed by atoms with Gasteiger partial charge in [0, 0.05) is 11.3 Å². The maximum Gasteiger partial charge on any atom is 0.341 e. The zero-order valence-corrected chi connectivity index (χ0v) is 17.7. The van der Waals surface area contributed by atoms with Crippen LogP contribution < -0.4 is 5.32 Å². The van der Waals surface area contributed by atoms with Crippen molar-refractivity contribution in [3.05, 3.63) is 16.0 Å². The van der Waals surface area contributed by atoms with E-state index in [0.717, 1.165) is 22.8 Å². The van der Waals surface area contributed by atoms with Crippen molar-refractivity contribution in [2.75, 3.05) is 18.5 Å². The second-order valence-electron chi connectivity index (χ2n) is 7.76. The Balaban J connectivity index is 1.54. The summed E-state index contributed by atoms with van der Waals surface area (Å²) in [7, 11) is 0. The predicted molar refractivity (Wildman–Crippen MR) is 108 cm³/mol. The SMILES string of the molecule is CCOC(=O)c1c(NC(=O)COC(=O)C[C@@H]2C[C@H]3CC[C@@H]2C3)sc(C)c1CC. The average molecular weight is 408 g/mol. The van der Waals surface area contributed by atoms with E-state index in [0.29, 0.717) is 35.2 Å². The number of ether oxygens (including phenoxy) is 2. The van der Waals surface area contributed by atoms with Crippen molar-refractivity contribution in [3.63, 3.8) is 0 Å². The maximum absolute atomic E-state index is 12.3. The first kappa shape index (κ1) is 20.8. The third-order valence-corrected chi connectivity index (χ3v) is 7.04. The minimum absolute atomic E-state index is 0.269. The monoisotopic (exact) mass is 407 g/mol. The summed E-state index contributed by atoms with van der Waals surface area (Å²) in [6.07, 6.45) is 5.94. The quantitative estimate of drug-likeness (QED) is 0.656. The van der Waals surface area contributed by atoms with E-state index in [2.05, 4.69) is 5.32 Å². The Morgan fingerprint density at radius 2 is 1.93 bits per heavy atom. The molecule has 1 amide bonds. The van der Waals surface area contributed by atoms with Crippen LogP contribution in [0.4, 0.5) is 5.00 Å². The summed E-state index contributed by atoms with van der Waals surface area (Å²) in [5.74, 6) is 0.664. The van der Waals surface area contributed by atoms with Gasteiger partial charge < -0.3 is 14.8 Å². The summed E-state index contributed by atoms with van der Waals surface area (Å²) in [4.78, 5) is 37.7. The van der Waals surface area contributed by atoms with Gasteiger partial charge in [-0.05, 0) is 62.8 Å². The average Bonchev–Trinajstić information content (AvgIpc) is 3.34. The lowest BCUT2D eigenvalue weighted by Gasteiger charge is -2.20. The number of esters is 2. The number of anilines is 1. The minimum Gasteiger partial charge on any atom is -0.462 e. The van der Waals surface area contributed by atoms with Crippen LogP contribution in [0.3, 0.4) is 0 Å². The van der Waals surface area contributed by atoms with Crippen molar-refractivity contribution < 1.29 is 23.9 Å². The molecule has 0 unspecified atom stereocenters. The molecule has 2 aliphatic carbocycles. The van der Waals surface area contributed by atoms with Crippen LogP contribution in [0.5, 0.6) is 0 Å². The van der Waals surface area contributed by atoms with Gasteiger partial charge in [-0.15, -0.1) is 11.3 Å². The van der Waals surface area contributed by atoms with Crippen LogP contribution in [0, 0.1) is 24.7 Å². The largest absolute Gasteiger partial charge is 0.462 e.